The van der Waals surface area contributed by atoms with Crippen molar-refractivity contribution in [2.24, 2.45) is 4.99 Å². The van der Waals surface area contributed by atoms with Crippen molar-refractivity contribution in [3.8, 4) is 0 Å². The van der Waals surface area contributed by atoms with E-state index in [4.69, 9.17) is 9.15 Å². The summed E-state index contributed by atoms with van der Waals surface area (Å²) in [6.45, 7) is 6.69. The molecule has 0 saturated heterocycles. The topological polar surface area (TPSA) is 118 Å². The van der Waals surface area contributed by atoms with Crippen LogP contribution in [0, 0.1) is 6.92 Å². The Morgan fingerprint density at radius 2 is 2.07 bits per heavy atom. The normalized spacial score (nSPS) is 11.9. The average Bonchev–Trinajstić information content (AvgIpc) is 3.34. The average molecular weight is 535 g/mol. The van der Waals surface area contributed by atoms with E-state index in [1.165, 1.54) is 17.6 Å². The van der Waals surface area contributed by atoms with Gasteiger partial charge in [0, 0.05) is 20.1 Å². The molecular formula is C18H26IN5O4S. The maximum Gasteiger partial charge on any atom is 0.350 e. The molecule has 2 aromatic heterocycles. The van der Waals surface area contributed by atoms with Crippen molar-refractivity contribution in [1.82, 2.24) is 20.9 Å². The minimum atomic E-state index is -0.356. The first-order valence-corrected chi connectivity index (χ1v) is 9.71. The number of hydrogen-bond acceptors (Lipinski definition) is 7. The highest BCUT2D eigenvalue weighted by molar-refractivity contribution is 14.0. The van der Waals surface area contributed by atoms with Crippen LogP contribution in [0.25, 0.3) is 0 Å². The van der Waals surface area contributed by atoms with Crippen LogP contribution >= 0.6 is 35.3 Å². The third kappa shape index (κ3) is 7.31. The quantitative estimate of drug-likeness (QED) is 0.156. The van der Waals surface area contributed by atoms with Crippen molar-refractivity contribution in [1.29, 1.82) is 0 Å². The number of ether oxygens (including phenoxy) is 1. The summed E-state index contributed by atoms with van der Waals surface area (Å²) in [5.41, 5.74) is 0.649. The van der Waals surface area contributed by atoms with Crippen molar-refractivity contribution in [3.05, 3.63) is 39.7 Å². The van der Waals surface area contributed by atoms with E-state index in [0.717, 1.165) is 5.01 Å². The molecule has 0 bridgehead atoms. The van der Waals surface area contributed by atoms with Crippen LogP contribution in [-0.2, 0) is 4.74 Å². The molecule has 29 heavy (non-hydrogen) atoms. The molecular weight excluding hydrogens is 509 g/mol. The van der Waals surface area contributed by atoms with E-state index in [1.807, 2.05) is 6.92 Å². The van der Waals surface area contributed by atoms with E-state index in [2.05, 4.69) is 25.9 Å². The highest BCUT2D eigenvalue weighted by Crippen LogP contribution is 2.24. The number of guanidine groups is 1. The monoisotopic (exact) mass is 535 g/mol. The predicted molar refractivity (Wildman–Crippen MR) is 122 cm³/mol. The van der Waals surface area contributed by atoms with Gasteiger partial charge in [-0.15, -0.1) is 35.3 Å². The van der Waals surface area contributed by atoms with Crippen LogP contribution in [0.1, 0.15) is 50.8 Å². The Labute approximate surface area is 190 Å². The summed E-state index contributed by atoms with van der Waals surface area (Å²) in [5, 5.41) is 9.83. The zero-order chi connectivity index (χ0) is 20.5. The molecule has 0 radical (unpaired) electrons. The molecule has 2 rings (SSSR count). The second-order valence-corrected chi connectivity index (χ2v) is 6.82. The Balaban J connectivity index is 0.00000420. The van der Waals surface area contributed by atoms with E-state index in [0.29, 0.717) is 36.2 Å². The van der Waals surface area contributed by atoms with Gasteiger partial charge in [0.15, 0.2) is 11.7 Å². The number of thiazole rings is 1. The zero-order valence-corrected chi connectivity index (χ0v) is 19.9. The number of nitrogens with one attached hydrogen (secondary N) is 3. The molecule has 0 spiro atoms. The van der Waals surface area contributed by atoms with Crippen molar-refractivity contribution < 1.29 is 18.7 Å². The highest BCUT2D eigenvalue weighted by Gasteiger charge is 2.20. The first-order valence-electron chi connectivity index (χ1n) is 8.89. The summed E-state index contributed by atoms with van der Waals surface area (Å²) >= 11 is 1.30. The summed E-state index contributed by atoms with van der Waals surface area (Å²) < 4.78 is 10.1. The number of carbonyl (C=O) groups is 2. The van der Waals surface area contributed by atoms with Gasteiger partial charge in [-0.25, -0.2) is 9.78 Å². The Hall–Kier alpha value is -2.15. The van der Waals surface area contributed by atoms with Gasteiger partial charge in [0.2, 0.25) is 0 Å². The number of amides is 1. The second-order valence-electron chi connectivity index (χ2n) is 5.79. The smallest absolute Gasteiger partial charge is 0.350 e. The van der Waals surface area contributed by atoms with Gasteiger partial charge in [-0.3, -0.25) is 9.79 Å². The molecule has 2 aromatic rings. The molecule has 0 aliphatic rings. The van der Waals surface area contributed by atoms with E-state index < -0.39 is 0 Å². The van der Waals surface area contributed by atoms with Crippen molar-refractivity contribution in [2.75, 3.05) is 26.7 Å². The summed E-state index contributed by atoms with van der Waals surface area (Å²) in [6.07, 6.45) is 1.45. The lowest BCUT2D eigenvalue weighted by Crippen LogP contribution is -2.42. The van der Waals surface area contributed by atoms with Gasteiger partial charge in [-0.2, -0.15) is 0 Å². The van der Waals surface area contributed by atoms with Gasteiger partial charge in [-0.1, -0.05) is 0 Å². The molecule has 1 atom stereocenters. The minimum absolute atomic E-state index is 0. The molecule has 160 valence electrons. The van der Waals surface area contributed by atoms with Crippen LogP contribution in [-0.4, -0.2) is 49.6 Å². The molecule has 1 unspecified atom stereocenters. The molecule has 0 aliphatic heterocycles. The number of aryl methyl sites for hydroxylation is 1. The fraction of sp³-hybridized carbons (Fsp3) is 0.444. The number of rotatable bonds is 8. The molecule has 2 heterocycles. The number of carbonyl (C=O) groups excluding carboxylic acids is 2. The number of nitrogens with zero attached hydrogens (tertiary/aromatic N) is 2. The molecule has 3 N–H and O–H groups in total. The number of aliphatic imine (C=N–C) groups is 1. The van der Waals surface area contributed by atoms with Crippen molar-refractivity contribution >= 4 is 53.1 Å². The molecule has 0 fully saturated rings. The summed E-state index contributed by atoms with van der Waals surface area (Å²) in [4.78, 5) is 32.9. The maximum absolute atomic E-state index is 11.9. The van der Waals surface area contributed by atoms with Crippen LogP contribution in [0.5, 0.6) is 0 Å². The number of halogens is 1. The Kier molecular flexibility index (Phi) is 10.7. The first-order chi connectivity index (χ1) is 13.5. The molecule has 1 amide bonds. The minimum Gasteiger partial charge on any atom is -0.462 e. The number of aromatic nitrogens is 1. The molecule has 0 aromatic carbocycles. The second kappa shape index (κ2) is 12.4. The van der Waals surface area contributed by atoms with Crippen LogP contribution in [0.4, 0.5) is 0 Å². The predicted octanol–water partition coefficient (Wildman–Crippen LogP) is 2.50. The molecule has 9 nitrogen and oxygen atoms in total. The highest BCUT2D eigenvalue weighted by atomic mass is 127. The standard InChI is InChI=1S/C18H25N5O4S.HI/c1-5-26-17(25)14-11(2)22-16(28-14)12(3)23-18(19-4)21-9-8-20-15(24)13-7-6-10-27-13;/h6-7,10,12H,5,8-9H2,1-4H3,(H,20,24)(H2,19,21,23);1H. The zero-order valence-electron chi connectivity index (χ0n) is 16.8. The van der Waals surface area contributed by atoms with Crippen LogP contribution in [0.3, 0.4) is 0 Å². The summed E-state index contributed by atoms with van der Waals surface area (Å²) in [6, 6.07) is 3.11. The van der Waals surface area contributed by atoms with E-state index in [-0.39, 0.29) is 47.7 Å². The lowest BCUT2D eigenvalue weighted by Gasteiger charge is -2.16. The van der Waals surface area contributed by atoms with Crippen LogP contribution in [0.2, 0.25) is 0 Å². The van der Waals surface area contributed by atoms with Gasteiger partial charge < -0.3 is 25.1 Å². The van der Waals surface area contributed by atoms with E-state index in [1.54, 1.807) is 33.0 Å². The van der Waals surface area contributed by atoms with E-state index >= 15 is 0 Å². The number of esters is 1. The molecule has 0 saturated carbocycles. The number of hydrogen-bond donors (Lipinski definition) is 3. The SMILES string of the molecule is CCOC(=O)c1sc(C(C)NC(=NC)NCCNC(=O)c2ccco2)nc1C.I. The summed E-state index contributed by atoms with van der Waals surface area (Å²) in [7, 11) is 1.65. The van der Waals surface area contributed by atoms with Crippen LogP contribution < -0.4 is 16.0 Å². The molecule has 11 heteroatoms. The maximum atomic E-state index is 11.9. The Bertz CT molecular complexity index is 822. The van der Waals surface area contributed by atoms with Gasteiger partial charge in [0.25, 0.3) is 5.91 Å². The third-order valence-corrected chi connectivity index (χ3v) is 4.99. The first kappa shape index (κ1) is 24.9. The van der Waals surface area contributed by atoms with Crippen molar-refractivity contribution in [3.63, 3.8) is 0 Å². The number of furan rings is 1. The lowest BCUT2D eigenvalue weighted by molar-refractivity contribution is 0.0531. The Morgan fingerprint density at radius 1 is 1.34 bits per heavy atom. The van der Waals surface area contributed by atoms with Gasteiger partial charge in [-0.05, 0) is 32.9 Å². The Morgan fingerprint density at radius 3 is 2.69 bits per heavy atom. The summed E-state index contributed by atoms with van der Waals surface area (Å²) in [5.74, 6) is 0.205. The molecule has 0 aliphatic carbocycles. The van der Waals surface area contributed by atoms with E-state index in [9.17, 15) is 9.59 Å². The van der Waals surface area contributed by atoms with Gasteiger partial charge in [0.05, 0.1) is 24.6 Å². The van der Waals surface area contributed by atoms with Gasteiger partial charge in [0.1, 0.15) is 9.88 Å². The van der Waals surface area contributed by atoms with Gasteiger partial charge >= 0.3 is 5.97 Å². The fourth-order valence-corrected chi connectivity index (χ4v) is 3.26. The largest absolute Gasteiger partial charge is 0.462 e. The third-order valence-electron chi connectivity index (χ3n) is 3.67. The van der Waals surface area contributed by atoms with Crippen molar-refractivity contribution in [2.45, 2.75) is 26.8 Å². The van der Waals surface area contributed by atoms with Crippen LogP contribution in [0.15, 0.2) is 27.8 Å². The lowest BCUT2D eigenvalue weighted by atomic mass is 10.3. The fourth-order valence-electron chi connectivity index (χ4n) is 2.30.